The first-order chi connectivity index (χ1) is 9.13. The molecule has 0 radical (unpaired) electrons. The second-order valence-electron chi connectivity index (χ2n) is 4.45. The lowest BCUT2D eigenvalue weighted by molar-refractivity contribution is 0.414. The van der Waals surface area contributed by atoms with Crippen LogP contribution in [0.5, 0.6) is 5.75 Å². The molecule has 0 spiro atoms. The molecule has 0 saturated heterocycles. The van der Waals surface area contributed by atoms with Gasteiger partial charge in [0, 0.05) is 20.3 Å². The lowest BCUT2D eigenvalue weighted by atomic mass is 10.0. The maximum Gasteiger partial charge on any atom is 0.119 e. The summed E-state index contributed by atoms with van der Waals surface area (Å²) >= 11 is 5.46. The number of methoxy groups -OCH3 is 1. The molecular formula is C15H18BrNOS. The Morgan fingerprint density at radius 1 is 1.32 bits per heavy atom. The van der Waals surface area contributed by atoms with E-state index in [-0.39, 0.29) is 0 Å². The third kappa shape index (κ3) is 3.59. The van der Waals surface area contributed by atoms with Crippen LogP contribution in [-0.4, -0.2) is 14.2 Å². The number of likely N-dealkylation sites (N-methyl/N-ethyl adjacent to an activating group) is 1. The maximum atomic E-state index is 5.30. The van der Waals surface area contributed by atoms with Crippen LogP contribution in [0.1, 0.15) is 21.4 Å². The van der Waals surface area contributed by atoms with Crippen LogP contribution in [0, 0.1) is 6.92 Å². The van der Waals surface area contributed by atoms with E-state index in [2.05, 4.69) is 46.4 Å². The first-order valence-corrected chi connectivity index (χ1v) is 7.81. The molecule has 0 aliphatic rings. The van der Waals surface area contributed by atoms with Gasteiger partial charge >= 0.3 is 0 Å². The molecule has 1 atom stereocenters. The Labute approximate surface area is 126 Å². The summed E-state index contributed by atoms with van der Waals surface area (Å²) in [6, 6.07) is 10.8. The summed E-state index contributed by atoms with van der Waals surface area (Å²) in [7, 11) is 3.71. The summed E-state index contributed by atoms with van der Waals surface area (Å²) in [6.45, 7) is 2.14. The van der Waals surface area contributed by atoms with Crippen LogP contribution in [0.3, 0.4) is 0 Å². The first-order valence-electron chi connectivity index (χ1n) is 6.20. The van der Waals surface area contributed by atoms with Crippen LogP contribution < -0.4 is 10.1 Å². The number of ether oxygens (including phenoxy) is 1. The number of halogens is 1. The first kappa shape index (κ1) is 14.6. The Bertz CT molecular complexity index is 553. The fourth-order valence-electron chi connectivity index (χ4n) is 2.04. The molecule has 1 aromatic carbocycles. The molecule has 1 N–H and O–H groups in total. The molecule has 0 aliphatic heterocycles. The Balaban J connectivity index is 2.23. The molecule has 2 rings (SSSR count). The topological polar surface area (TPSA) is 21.3 Å². The molecular weight excluding hydrogens is 322 g/mol. The zero-order chi connectivity index (χ0) is 13.8. The van der Waals surface area contributed by atoms with Gasteiger partial charge in [-0.1, -0.05) is 15.9 Å². The van der Waals surface area contributed by atoms with Gasteiger partial charge in [-0.15, -0.1) is 11.3 Å². The minimum Gasteiger partial charge on any atom is -0.497 e. The largest absolute Gasteiger partial charge is 0.497 e. The molecule has 19 heavy (non-hydrogen) atoms. The van der Waals surface area contributed by atoms with E-state index in [1.54, 1.807) is 7.11 Å². The summed E-state index contributed by atoms with van der Waals surface area (Å²) in [4.78, 5) is 2.72. The molecule has 2 nitrogen and oxygen atoms in total. The minimum atomic E-state index is 0.335. The van der Waals surface area contributed by atoms with Gasteiger partial charge in [0.1, 0.15) is 5.75 Å². The standard InChI is InChI=1S/C15H18BrNOS/c1-10-4-7-15(19-10)14(17-2)9-11-8-12(18-3)5-6-13(11)16/h4-8,14,17H,9H2,1-3H3. The second kappa shape index (κ2) is 6.55. The highest BCUT2D eigenvalue weighted by atomic mass is 79.9. The van der Waals surface area contributed by atoms with Crippen LogP contribution in [-0.2, 0) is 6.42 Å². The highest BCUT2D eigenvalue weighted by Crippen LogP contribution is 2.30. The molecule has 0 saturated carbocycles. The van der Waals surface area contributed by atoms with Crippen molar-refractivity contribution in [1.82, 2.24) is 5.32 Å². The molecule has 102 valence electrons. The van der Waals surface area contributed by atoms with Crippen molar-refractivity contribution in [3.8, 4) is 5.75 Å². The van der Waals surface area contributed by atoms with Crippen molar-refractivity contribution < 1.29 is 4.74 Å². The molecule has 1 unspecified atom stereocenters. The zero-order valence-corrected chi connectivity index (χ0v) is 13.8. The van der Waals surface area contributed by atoms with E-state index in [1.165, 1.54) is 15.3 Å². The van der Waals surface area contributed by atoms with Crippen LogP contribution in [0.25, 0.3) is 0 Å². The van der Waals surface area contributed by atoms with Gasteiger partial charge in [0.15, 0.2) is 0 Å². The molecule has 0 fully saturated rings. The number of nitrogens with one attached hydrogen (secondary N) is 1. The summed E-state index contributed by atoms with van der Waals surface area (Å²) < 4.78 is 6.42. The zero-order valence-electron chi connectivity index (χ0n) is 11.4. The summed E-state index contributed by atoms with van der Waals surface area (Å²) in [5, 5.41) is 3.39. The summed E-state index contributed by atoms with van der Waals surface area (Å²) in [6.07, 6.45) is 0.939. The van der Waals surface area contributed by atoms with E-state index >= 15 is 0 Å². The van der Waals surface area contributed by atoms with E-state index in [1.807, 2.05) is 30.5 Å². The van der Waals surface area contributed by atoms with E-state index in [4.69, 9.17) is 4.74 Å². The van der Waals surface area contributed by atoms with Crippen LogP contribution in [0.4, 0.5) is 0 Å². The predicted molar refractivity (Wildman–Crippen MR) is 85.3 cm³/mol. The third-order valence-electron chi connectivity index (χ3n) is 3.13. The van der Waals surface area contributed by atoms with Gasteiger partial charge in [-0.2, -0.15) is 0 Å². The maximum absolute atomic E-state index is 5.30. The van der Waals surface area contributed by atoms with Gasteiger partial charge in [0.25, 0.3) is 0 Å². The van der Waals surface area contributed by atoms with Gasteiger partial charge < -0.3 is 10.1 Å². The molecule has 1 aromatic heterocycles. The average Bonchev–Trinajstić information content (AvgIpc) is 2.84. The highest BCUT2D eigenvalue weighted by Gasteiger charge is 2.14. The fourth-order valence-corrected chi connectivity index (χ4v) is 3.44. The van der Waals surface area contributed by atoms with Crippen molar-refractivity contribution in [2.24, 2.45) is 0 Å². The Morgan fingerprint density at radius 3 is 2.68 bits per heavy atom. The van der Waals surface area contributed by atoms with Gasteiger partial charge in [0.2, 0.25) is 0 Å². The number of benzene rings is 1. The van der Waals surface area contributed by atoms with Crippen molar-refractivity contribution in [1.29, 1.82) is 0 Å². The Kier molecular flexibility index (Phi) is 5.02. The van der Waals surface area contributed by atoms with Crippen molar-refractivity contribution in [3.63, 3.8) is 0 Å². The quantitative estimate of drug-likeness (QED) is 0.875. The lowest BCUT2D eigenvalue weighted by Gasteiger charge is -2.16. The van der Waals surface area contributed by atoms with E-state index < -0.39 is 0 Å². The van der Waals surface area contributed by atoms with Crippen molar-refractivity contribution in [3.05, 3.63) is 50.1 Å². The highest BCUT2D eigenvalue weighted by molar-refractivity contribution is 9.10. The van der Waals surface area contributed by atoms with Crippen molar-refractivity contribution in [2.45, 2.75) is 19.4 Å². The van der Waals surface area contributed by atoms with Gasteiger partial charge in [-0.05, 0) is 56.3 Å². The number of thiophene rings is 1. The monoisotopic (exact) mass is 339 g/mol. The molecule has 0 bridgehead atoms. The number of hydrogen-bond acceptors (Lipinski definition) is 3. The second-order valence-corrected chi connectivity index (χ2v) is 6.62. The predicted octanol–water partition coefficient (Wildman–Crippen LogP) is 4.33. The molecule has 0 aliphatic carbocycles. The van der Waals surface area contributed by atoms with Crippen LogP contribution >= 0.6 is 27.3 Å². The van der Waals surface area contributed by atoms with Crippen LogP contribution in [0.15, 0.2) is 34.8 Å². The molecule has 0 amide bonds. The summed E-state index contributed by atoms with van der Waals surface area (Å²) in [5.74, 6) is 0.899. The SMILES string of the molecule is CNC(Cc1cc(OC)ccc1Br)c1ccc(C)s1. The Morgan fingerprint density at radius 2 is 2.11 bits per heavy atom. The number of aryl methyl sites for hydroxylation is 1. The van der Waals surface area contributed by atoms with E-state index in [0.717, 1.165) is 16.6 Å². The molecule has 4 heteroatoms. The van der Waals surface area contributed by atoms with Gasteiger partial charge in [-0.25, -0.2) is 0 Å². The number of rotatable bonds is 5. The third-order valence-corrected chi connectivity index (χ3v) is 5.02. The molecule has 1 heterocycles. The smallest absolute Gasteiger partial charge is 0.119 e. The van der Waals surface area contributed by atoms with Crippen molar-refractivity contribution >= 4 is 27.3 Å². The lowest BCUT2D eigenvalue weighted by Crippen LogP contribution is -2.17. The van der Waals surface area contributed by atoms with Crippen LogP contribution in [0.2, 0.25) is 0 Å². The average molecular weight is 340 g/mol. The Hall–Kier alpha value is -0.840. The fraction of sp³-hybridized carbons (Fsp3) is 0.333. The van der Waals surface area contributed by atoms with Gasteiger partial charge in [0.05, 0.1) is 7.11 Å². The normalized spacial score (nSPS) is 12.4. The van der Waals surface area contributed by atoms with E-state index in [0.29, 0.717) is 6.04 Å². The van der Waals surface area contributed by atoms with Crippen molar-refractivity contribution in [2.75, 3.05) is 14.2 Å². The number of hydrogen-bond donors (Lipinski definition) is 1. The molecule has 2 aromatic rings. The summed E-state index contributed by atoms with van der Waals surface area (Å²) in [5.41, 5.74) is 1.25. The van der Waals surface area contributed by atoms with Gasteiger partial charge in [-0.3, -0.25) is 0 Å². The minimum absolute atomic E-state index is 0.335. The van der Waals surface area contributed by atoms with E-state index in [9.17, 15) is 0 Å².